The molecule has 4 rings (SSSR count). The van der Waals surface area contributed by atoms with Crippen LogP contribution >= 0.6 is 0 Å². The van der Waals surface area contributed by atoms with Crippen molar-refractivity contribution < 1.29 is 14.3 Å². The zero-order valence-corrected chi connectivity index (χ0v) is 18.0. The minimum absolute atomic E-state index is 0.0267. The molecule has 0 saturated carbocycles. The number of hydrogen-bond acceptors (Lipinski definition) is 4. The molecule has 0 amide bonds. The maximum absolute atomic E-state index is 13.5. The van der Waals surface area contributed by atoms with E-state index >= 15 is 0 Å². The van der Waals surface area contributed by atoms with Gasteiger partial charge in [0.1, 0.15) is 11.1 Å². The Bertz CT molecular complexity index is 961. The Morgan fingerprint density at radius 2 is 1.67 bits per heavy atom. The van der Waals surface area contributed by atoms with Crippen LogP contribution in [0.3, 0.4) is 0 Å². The van der Waals surface area contributed by atoms with Crippen molar-refractivity contribution in [3.8, 4) is 0 Å². The Balaban J connectivity index is 1.84. The Kier molecular flexibility index (Phi) is 5.15. The van der Waals surface area contributed by atoms with Crippen molar-refractivity contribution in [2.75, 3.05) is 0 Å². The number of benzene rings is 2. The van der Waals surface area contributed by atoms with Crippen molar-refractivity contribution in [2.24, 2.45) is 5.92 Å². The Labute approximate surface area is 178 Å². The Hall–Kier alpha value is -2.72. The van der Waals surface area contributed by atoms with Crippen molar-refractivity contribution in [3.63, 3.8) is 0 Å². The summed E-state index contributed by atoms with van der Waals surface area (Å²) in [6.07, 6.45) is 3.97. The SMILES string of the molecule is CC(c1ccccc1)N1[C@@H]2C=CC(=O)[C@@]1(c1ccccc1)C[C@@H]2C(=O)OC(C)(C)C. The molecule has 2 aromatic carbocycles. The predicted molar refractivity (Wildman–Crippen MR) is 117 cm³/mol. The van der Waals surface area contributed by atoms with Crippen LogP contribution in [0, 0.1) is 5.92 Å². The first-order valence-corrected chi connectivity index (χ1v) is 10.6. The monoisotopic (exact) mass is 403 g/mol. The van der Waals surface area contributed by atoms with E-state index in [0.717, 1.165) is 11.1 Å². The maximum Gasteiger partial charge on any atom is 0.311 e. The van der Waals surface area contributed by atoms with Gasteiger partial charge in [0, 0.05) is 12.1 Å². The van der Waals surface area contributed by atoms with Gasteiger partial charge in [0.2, 0.25) is 0 Å². The van der Waals surface area contributed by atoms with E-state index < -0.39 is 17.1 Å². The van der Waals surface area contributed by atoms with E-state index in [1.54, 1.807) is 6.08 Å². The third-order valence-electron chi connectivity index (χ3n) is 6.20. The van der Waals surface area contributed by atoms with Crippen LogP contribution in [-0.2, 0) is 19.9 Å². The first-order chi connectivity index (χ1) is 14.2. The number of ketones is 1. The van der Waals surface area contributed by atoms with Gasteiger partial charge in [-0.25, -0.2) is 0 Å². The fourth-order valence-electron chi connectivity index (χ4n) is 4.98. The molecule has 2 aromatic rings. The van der Waals surface area contributed by atoms with Crippen molar-refractivity contribution in [2.45, 2.75) is 57.3 Å². The number of nitrogens with zero attached hydrogens (tertiary/aromatic N) is 1. The molecule has 156 valence electrons. The molecular formula is C26H29NO3. The molecule has 2 aliphatic heterocycles. The predicted octanol–water partition coefficient (Wildman–Crippen LogP) is 4.81. The highest BCUT2D eigenvalue weighted by molar-refractivity contribution is 6.01. The average Bonchev–Trinajstić information content (AvgIpc) is 3.00. The molecule has 0 aliphatic carbocycles. The summed E-state index contributed by atoms with van der Waals surface area (Å²) in [4.78, 5) is 28.9. The first kappa shape index (κ1) is 20.5. The average molecular weight is 404 g/mol. The number of carbonyl (C=O) groups excluding carboxylic acids is 2. The molecule has 0 aromatic heterocycles. The summed E-state index contributed by atoms with van der Waals surface area (Å²) in [6.45, 7) is 7.75. The number of hydrogen-bond donors (Lipinski definition) is 0. The summed E-state index contributed by atoms with van der Waals surface area (Å²) in [5.74, 6) is -0.619. The molecule has 4 nitrogen and oxygen atoms in total. The summed E-state index contributed by atoms with van der Waals surface area (Å²) in [7, 11) is 0. The van der Waals surface area contributed by atoms with Gasteiger partial charge in [0.15, 0.2) is 5.78 Å². The van der Waals surface area contributed by atoms with Crippen molar-refractivity contribution in [1.29, 1.82) is 0 Å². The highest BCUT2D eigenvalue weighted by atomic mass is 16.6. The molecule has 1 fully saturated rings. The third-order valence-corrected chi connectivity index (χ3v) is 6.20. The summed E-state index contributed by atoms with van der Waals surface area (Å²) in [5, 5.41) is 0. The van der Waals surface area contributed by atoms with Crippen molar-refractivity contribution in [1.82, 2.24) is 4.90 Å². The quantitative estimate of drug-likeness (QED) is 0.687. The number of carbonyl (C=O) groups is 2. The van der Waals surface area contributed by atoms with E-state index in [2.05, 4.69) is 24.0 Å². The Morgan fingerprint density at radius 3 is 2.27 bits per heavy atom. The van der Waals surface area contributed by atoms with Gasteiger partial charge in [-0.05, 0) is 51.3 Å². The van der Waals surface area contributed by atoms with Crippen LogP contribution < -0.4 is 0 Å². The van der Waals surface area contributed by atoms with Crippen LogP contribution in [0.25, 0.3) is 0 Å². The second-order valence-electron chi connectivity index (χ2n) is 9.28. The smallest absolute Gasteiger partial charge is 0.311 e. The third kappa shape index (κ3) is 3.39. The van der Waals surface area contributed by atoms with E-state index in [-0.39, 0.29) is 23.8 Å². The molecule has 2 bridgehead atoms. The van der Waals surface area contributed by atoms with Gasteiger partial charge in [-0.1, -0.05) is 66.7 Å². The fraction of sp³-hybridized carbons (Fsp3) is 0.385. The largest absolute Gasteiger partial charge is 0.460 e. The van der Waals surface area contributed by atoms with Crippen LogP contribution in [-0.4, -0.2) is 28.3 Å². The van der Waals surface area contributed by atoms with Crippen molar-refractivity contribution in [3.05, 3.63) is 83.9 Å². The molecule has 1 unspecified atom stereocenters. The lowest BCUT2D eigenvalue weighted by atomic mass is 9.80. The van der Waals surface area contributed by atoms with E-state index in [0.29, 0.717) is 6.42 Å². The topological polar surface area (TPSA) is 46.6 Å². The highest BCUT2D eigenvalue weighted by Gasteiger charge is 2.61. The zero-order chi connectivity index (χ0) is 21.5. The van der Waals surface area contributed by atoms with Crippen LogP contribution in [0.15, 0.2) is 72.8 Å². The molecule has 1 saturated heterocycles. The second-order valence-corrected chi connectivity index (χ2v) is 9.28. The highest BCUT2D eigenvalue weighted by Crippen LogP contribution is 2.53. The van der Waals surface area contributed by atoms with Gasteiger partial charge in [0.25, 0.3) is 0 Å². The normalized spacial score (nSPS) is 27.1. The standard InChI is InChI=1S/C26H29NO3/c1-18(19-11-7-5-8-12-19)27-22-15-16-23(28)26(27,20-13-9-6-10-14-20)17-21(22)24(29)30-25(2,3)4/h5-16,18,21-22H,17H2,1-4H3/t18?,21-,22+,26-/m0/s1. The van der Waals surface area contributed by atoms with Gasteiger partial charge in [-0.3, -0.25) is 14.5 Å². The fourth-order valence-corrected chi connectivity index (χ4v) is 4.98. The van der Waals surface area contributed by atoms with Gasteiger partial charge < -0.3 is 4.74 Å². The minimum Gasteiger partial charge on any atom is -0.460 e. The van der Waals surface area contributed by atoms with E-state index in [4.69, 9.17) is 4.74 Å². The van der Waals surface area contributed by atoms with Crippen LogP contribution in [0.1, 0.15) is 51.3 Å². The molecule has 2 aliphatic rings. The van der Waals surface area contributed by atoms with Crippen LogP contribution in [0.4, 0.5) is 0 Å². The van der Waals surface area contributed by atoms with Gasteiger partial charge >= 0.3 is 5.97 Å². The number of rotatable bonds is 4. The number of fused-ring (bicyclic) bond motifs is 2. The lowest BCUT2D eigenvalue weighted by Gasteiger charge is -2.45. The number of ether oxygens (including phenoxy) is 1. The van der Waals surface area contributed by atoms with E-state index in [1.165, 1.54) is 0 Å². The summed E-state index contributed by atoms with van der Waals surface area (Å²) < 4.78 is 5.77. The molecular weight excluding hydrogens is 374 g/mol. The van der Waals surface area contributed by atoms with Gasteiger partial charge in [-0.15, -0.1) is 0 Å². The molecule has 0 radical (unpaired) electrons. The molecule has 30 heavy (non-hydrogen) atoms. The minimum atomic E-state index is -0.877. The summed E-state index contributed by atoms with van der Waals surface area (Å²) in [6, 6.07) is 19.8. The van der Waals surface area contributed by atoms with Gasteiger partial charge in [-0.2, -0.15) is 0 Å². The van der Waals surface area contributed by atoms with Crippen LogP contribution in [0.5, 0.6) is 0 Å². The van der Waals surface area contributed by atoms with E-state index in [1.807, 2.05) is 75.4 Å². The molecule has 2 heterocycles. The molecule has 4 atom stereocenters. The number of esters is 1. The van der Waals surface area contributed by atoms with Gasteiger partial charge in [0.05, 0.1) is 5.92 Å². The maximum atomic E-state index is 13.5. The first-order valence-electron chi connectivity index (χ1n) is 10.6. The Morgan fingerprint density at radius 1 is 1.07 bits per heavy atom. The summed E-state index contributed by atoms with van der Waals surface area (Å²) in [5.41, 5.74) is 0.600. The second kappa shape index (κ2) is 7.51. The van der Waals surface area contributed by atoms with E-state index in [9.17, 15) is 9.59 Å². The zero-order valence-electron chi connectivity index (χ0n) is 18.0. The van der Waals surface area contributed by atoms with Crippen LogP contribution in [0.2, 0.25) is 0 Å². The van der Waals surface area contributed by atoms with Crippen molar-refractivity contribution >= 4 is 11.8 Å². The lowest BCUT2D eigenvalue weighted by Crippen LogP contribution is -2.53. The lowest BCUT2D eigenvalue weighted by molar-refractivity contribution is -0.160. The molecule has 4 heteroatoms. The summed E-state index contributed by atoms with van der Waals surface area (Å²) >= 11 is 0. The molecule has 0 spiro atoms. The molecule has 0 N–H and O–H groups in total.